The minimum atomic E-state index is -0.151. The molecule has 0 unspecified atom stereocenters. The molecule has 2 aromatic rings. The molecule has 0 saturated carbocycles. The molecule has 7 heteroatoms. The molecule has 2 N–H and O–H groups in total. The monoisotopic (exact) mass is 396 g/mol. The number of carbonyl (C=O) groups is 2. The van der Waals surface area contributed by atoms with E-state index in [9.17, 15) is 9.59 Å². The lowest BCUT2D eigenvalue weighted by molar-refractivity contribution is -0.121. The third-order valence-corrected chi connectivity index (χ3v) is 5.68. The summed E-state index contributed by atoms with van der Waals surface area (Å²) in [5, 5.41) is 8.38. The van der Waals surface area contributed by atoms with Gasteiger partial charge < -0.3 is 10.6 Å². The van der Waals surface area contributed by atoms with E-state index in [1.54, 1.807) is 35.6 Å². The molecule has 1 aromatic carbocycles. The molecule has 1 aromatic heterocycles. The Balaban J connectivity index is 1.49. The summed E-state index contributed by atoms with van der Waals surface area (Å²) >= 11 is 9.35. The number of carbonyl (C=O) groups excluding carboxylic acids is 2. The first-order valence-corrected chi connectivity index (χ1v) is 10.5. The van der Waals surface area contributed by atoms with Crippen LogP contribution in [-0.4, -0.2) is 30.7 Å². The Hall–Kier alpha value is -1.50. The van der Waals surface area contributed by atoms with Crippen LogP contribution in [0.2, 0.25) is 5.02 Å². The number of rotatable bonds is 10. The van der Waals surface area contributed by atoms with Crippen LogP contribution in [0.25, 0.3) is 0 Å². The predicted octanol–water partition coefficient (Wildman–Crippen LogP) is 3.96. The van der Waals surface area contributed by atoms with Gasteiger partial charge in [-0.05, 0) is 42.1 Å². The van der Waals surface area contributed by atoms with Crippen molar-refractivity contribution < 1.29 is 9.59 Å². The van der Waals surface area contributed by atoms with E-state index in [2.05, 4.69) is 22.1 Å². The minimum absolute atomic E-state index is 0.0254. The second kappa shape index (κ2) is 11.2. The van der Waals surface area contributed by atoms with Crippen LogP contribution in [0, 0.1) is 0 Å². The van der Waals surface area contributed by atoms with Crippen molar-refractivity contribution in [3.05, 3.63) is 57.2 Å². The van der Waals surface area contributed by atoms with Gasteiger partial charge in [-0.25, -0.2) is 0 Å². The first-order chi connectivity index (χ1) is 12.1. The van der Waals surface area contributed by atoms with Gasteiger partial charge in [-0.3, -0.25) is 9.59 Å². The number of nitrogens with one attached hydrogen (secondary N) is 2. The average Bonchev–Trinajstić information content (AvgIpc) is 3.12. The number of thiophene rings is 1. The fraction of sp³-hybridized carbons (Fsp3) is 0.333. The molecule has 25 heavy (non-hydrogen) atoms. The second-order valence-corrected chi connectivity index (χ2v) is 7.92. The molecule has 2 amide bonds. The van der Waals surface area contributed by atoms with Crippen LogP contribution in [0.1, 0.15) is 28.1 Å². The van der Waals surface area contributed by atoms with Crippen molar-refractivity contribution in [2.75, 3.05) is 18.8 Å². The second-order valence-electron chi connectivity index (χ2n) is 5.35. The summed E-state index contributed by atoms with van der Waals surface area (Å²) in [7, 11) is 0. The van der Waals surface area contributed by atoms with Gasteiger partial charge in [0.2, 0.25) is 5.91 Å². The molecule has 134 valence electrons. The van der Waals surface area contributed by atoms with Crippen LogP contribution in [-0.2, 0) is 10.5 Å². The van der Waals surface area contributed by atoms with Crippen LogP contribution in [0.3, 0.4) is 0 Å². The summed E-state index contributed by atoms with van der Waals surface area (Å²) in [6, 6.07) is 10.9. The summed E-state index contributed by atoms with van der Waals surface area (Å²) in [5.74, 6) is 1.76. The number of hydrogen-bond acceptors (Lipinski definition) is 4. The fourth-order valence-corrected chi connectivity index (χ4v) is 3.90. The van der Waals surface area contributed by atoms with Crippen molar-refractivity contribution in [3.63, 3.8) is 0 Å². The largest absolute Gasteiger partial charge is 0.355 e. The number of amides is 2. The van der Waals surface area contributed by atoms with Crippen LogP contribution in [0.4, 0.5) is 0 Å². The SMILES string of the molecule is O=C(CCCNC(=O)c1ccc(Cl)cc1)NCCSCc1cccs1. The number of benzene rings is 1. The van der Waals surface area contributed by atoms with Crippen LogP contribution >= 0.6 is 34.7 Å². The van der Waals surface area contributed by atoms with Crippen molar-refractivity contribution in [1.29, 1.82) is 0 Å². The molecule has 0 bridgehead atoms. The third-order valence-electron chi connectivity index (χ3n) is 3.37. The van der Waals surface area contributed by atoms with E-state index in [1.165, 1.54) is 4.88 Å². The van der Waals surface area contributed by atoms with Gasteiger partial charge in [0.25, 0.3) is 5.91 Å². The van der Waals surface area contributed by atoms with Gasteiger partial charge in [0.05, 0.1) is 0 Å². The molecular formula is C18H21ClN2O2S2. The van der Waals surface area contributed by atoms with E-state index in [1.807, 2.05) is 17.8 Å². The van der Waals surface area contributed by atoms with Gasteiger partial charge in [0.15, 0.2) is 0 Å². The van der Waals surface area contributed by atoms with Crippen molar-refractivity contribution >= 4 is 46.5 Å². The van der Waals surface area contributed by atoms with Crippen LogP contribution < -0.4 is 10.6 Å². The summed E-state index contributed by atoms with van der Waals surface area (Å²) < 4.78 is 0. The molecule has 0 saturated heterocycles. The maximum absolute atomic E-state index is 11.9. The zero-order valence-corrected chi connectivity index (χ0v) is 16.2. The zero-order valence-electron chi connectivity index (χ0n) is 13.8. The first-order valence-electron chi connectivity index (χ1n) is 8.06. The molecule has 0 aliphatic heterocycles. The Bertz CT molecular complexity index is 660. The summed E-state index contributed by atoms with van der Waals surface area (Å²) in [5.41, 5.74) is 0.566. The average molecular weight is 397 g/mol. The van der Waals surface area contributed by atoms with Gasteiger partial charge in [-0.1, -0.05) is 17.7 Å². The van der Waals surface area contributed by atoms with Crippen LogP contribution in [0.5, 0.6) is 0 Å². The van der Waals surface area contributed by atoms with E-state index in [0.29, 0.717) is 36.5 Å². The first kappa shape index (κ1) is 19.8. The van der Waals surface area contributed by atoms with Gasteiger partial charge in [0, 0.05) is 46.5 Å². The Morgan fingerprint density at radius 2 is 1.88 bits per heavy atom. The molecule has 0 aliphatic rings. The molecule has 0 aliphatic carbocycles. The zero-order chi connectivity index (χ0) is 17.9. The fourth-order valence-electron chi connectivity index (χ4n) is 2.07. The quantitative estimate of drug-likeness (QED) is 0.597. The predicted molar refractivity (Wildman–Crippen MR) is 107 cm³/mol. The van der Waals surface area contributed by atoms with Crippen molar-refractivity contribution in [3.8, 4) is 0 Å². The topological polar surface area (TPSA) is 58.2 Å². The minimum Gasteiger partial charge on any atom is -0.355 e. The highest BCUT2D eigenvalue weighted by atomic mass is 35.5. The van der Waals surface area contributed by atoms with Crippen molar-refractivity contribution in [2.45, 2.75) is 18.6 Å². The molecule has 0 radical (unpaired) electrons. The third kappa shape index (κ3) is 7.94. The summed E-state index contributed by atoms with van der Waals surface area (Å²) in [6.45, 7) is 1.15. The molecule has 1 heterocycles. The van der Waals surface area contributed by atoms with Gasteiger partial charge >= 0.3 is 0 Å². The van der Waals surface area contributed by atoms with E-state index in [-0.39, 0.29) is 11.8 Å². The highest BCUT2D eigenvalue weighted by Crippen LogP contribution is 2.16. The lowest BCUT2D eigenvalue weighted by atomic mass is 10.2. The Morgan fingerprint density at radius 3 is 2.60 bits per heavy atom. The number of hydrogen-bond donors (Lipinski definition) is 2. The van der Waals surface area contributed by atoms with E-state index < -0.39 is 0 Å². The van der Waals surface area contributed by atoms with Gasteiger partial charge in [0.1, 0.15) is 0 Å². The maximum atomic E-state index is 11.9. The smallest absolute Gasteiger partial charge is 0.251 e. The highest BCUT2D eigenvalue weighted by Gasteiger charge is 2.05. The molecule has 4 nitrogen and oxygen atoms in total. The lowest BCUT2D eigenvalue weighted by Gasteiger charge is -2.07. The Morgan fingerprint density at radius 1 is 1.08 bits per heavy atom. The molecular weight excluding hydrogens is 376 g/mol. The maximum Gasteiger partial charge on any atom is 0.251 e. The standard InChI is InChI=1S/C18H21ClN2O2S2/c19-15-7-5-14(6-8-15)18(23)21-9-1-4-17(22)20-10-12-24-13-16-3-2-11-25-16/h2-3,5-8,11H,1,4,9-10,12-13H2,(H,20,22)(H,21,23). The summed E-state index contributed by atoms with van der Waals surface area (Å²) in [6.07, 6.45) is 1.03. The van der Waals surface area contributed by atoms with E-state index in [4.69, 9.17) is 11.6 Å². The molecule has 0 atom stereocenters. The molecule has 2 rings (SSSR count). The van der Waals surface area contributed by atoms with Crippen LogP contribution in [0.15, 0.2) is 41.8 Å². The Labute approximate surface area is 161 Å². The Kier molecular flexibility index (Phi) is 8.86. The van der Waals surface area contributed by atoms with Crippen molar-refractivity contribution in [1.82, 2.24) is 10.6 Å². The molecule has 0 spiro atoms. The van der Waals surface area contributed by atoms with E-state index >= 15 is 0 Å². The molecule has 0 fully saturated rings. The normalized spacial score (nSPS) is 10.4. The highest BCUT2D eigenvalue weighted by molar-refractivity contribution is 7.98. The summed E-state index contributed by atoms with van der Waals surface area (Å²) in [4.78, 5) is 25.0. The van der Waals surface area contributed by atoms with Gasteiger partial charge in [-0.15, -0.1) is 11.3 Å². The van der Waals surface area contributed by atoms with Gasteiger partial charge in [-0.2, -0.15) is 11.8 Å². The number of thioether (sulfide) groups is 1. The lowest BCUT2D eigenvalue weighted by Crippen LogP contribution is -2.28. The van der Waals surface area contributed by atoms with Crippen molar-refractivity contribution in [2.24, 2.45) is 0 Å². The van der Waals surface area contributed by atoms with E-state index in [0.717, 1.165) is 11.5 Å². The number of halogens is 1.